The molecule has 0 saturated carbocycles. The first-order valence-electron chi connectivity index (χ1n) is 10.0. The summed E-state index contributed by atoms with van der Waals surface area (Å²) in [5.74, 6) is 1.96. The van der Waals surface area contributed by atoms with Crippen LogP contribution >= 0.6 is 0 Å². The Bertz CT molecular complexity index is 1040. The lowest BCUT2D eigenvalue weighted by Gasteiger charge is -2.39. The van der Waals surface area contributed by atoms with Crippen molar-refractivity contribution in [1.29, 1.82) is 0 Å². The zero-order chi connectivity index (χ0) is 20.5. The molecule has 1 aliphatic rings. The van der Waals surface area contributed by atoms with E-state index >= 15 is 0 Å². The molecule has 0 bridgehead atoms. The number of amides is 1. The number of nitrogens with one attached hydrogen (secondary N) is 1. The number of carbonyl (C=O) groups excluding carboxylic acids is 1. The van der Waals surface area contributed by atoms with Crippen LogP contribution in [0.2, 0.25) is 0 Å². The molecule has 1 aliphatic heterocycles. The Morgan fingerprint density at radius 3 is 2.72 bits per heavy atom. The largest absolute Gasteiger partial charge is 0.356 e. The van der Waals surface area contributed by atoms with Crippen LogP contribution in [0.3, 0.4) is 0 Å². The van der Waals surface area contributed by atoms with E-state index in [1.54, 1.807) is 12.5 Å². The molecule has 1 amide bonds. The number of aromatic nitrogens is 4. The normalized spacial score (nSPS) is 14.1. The summed E-state index contributed by atoms with van der Waals surface area (Å²) in [6.07, 6.45) is 6.39. The third-order valence-electron chi connectivity index (χ3n) is 5.56. The van der Waals surface area contributed by atoms with E-state index in [-0.39, 0.29) is 11.8 Å². The molecule has 3 aromatic heterocycles. The van der Waals surface area contributed by atoms with Crippen molar-refractivity contribution in [2.75, 3.05) is 36.5 Å². The first-order chi connectivity index (χ1) is 14.0. The highest BCUT2D eigenvalue weighted by atomic mass is 16.2. The lowest BCUT2D eigenvalue weighted by atomic mass is 9.98. The van der Waals surface area contributed by atoms with Crippen LogP contribution in [0, 0.1) is 5.92 Å². The van der Waals surface area contributed by atoms with E-state index in [0.717, 1.165) is 47.9 Å². The number of rotatable bonds is 6. The zero-order valence-corrected chi connectivity index (χ0v) is 17.4. The lowest BCUT2D eigenvalue weighted by Crippen LogP contribution is -2.54. The lowest BCUT2D eigenvalue weighted by molar-refractivity contribution is -0.125. The van der Waals surface area contributed by atoms with Gasteiger partial charge in [0.15, 0.2) is 0 Å². The first-order valence-corrected chi connectivity index (χ1v) is 10.0. The van der Waals surface area contributed by atoms with Crippen LogP contribution in [0.4, 0.5) is 17.3 Å². The van der Waals surface area contributed by atoms with Crippen molar-refractivity contribution in [3.8, 4) is 0 Å². The van der Waals surface area contributed by atoms with Gasteiger partial charge in [-0.05, 0) is 25.0 Å². The third kappa shape index (κ3) is 3.50. The van der Waals surface area contributed by atoms with Crippen LogP contribution in [-0.4, -0.2) is 52.1 Å². The molecule has 3 aromatic rings. The number of aryl methyl sites for hydroxylation is 2. The summed E-state index contributed by atoms with van der Waals surface area (Å²) < 4.78 is 1.99. The summed E-state index contributed by atoms with van der Waals surface area (Å²) >= 11 is 0. The quantitative estimate of drug-likeness (QED) is 0.692. The maximum absolute atomic E-state index is 11.9. The predicted octanol–water partition coefficient (Wildman–Crippen LogP) is 2.27. The molecular weight excluding hydrogens is 366 g/mol. The summed E-state index contributed by atoms with van der Waals surface area (Å²) in [4.78, 5) is 29.7. The van der Waals surface area contributed by atoms with Gasteiger partial charge in [-0.25, -0.2) is 15.0 Å². The van der Waals surface area contributed by atoms with Crippen LogP contribution in [0.5, 0.6) is 0 Å². The predicted molar refractivity (Wildman–Crippen MR) is 115 cm³/mol. The fourth-order valence-electron chi connectivity index (χ4n) is 3.71. The van der Waals surface area contributed by atoms with Crippen LogP contribution in [0.15, 0.2) is 30.9 Å². The molecular formula is C21H27N7O. The summed E-state index contributed by atoms with van der Waals surface area (Å²) in [6.45, 7) is 6.19. The van der Waals surface area contributed by atoms with Gasteiger partial charge in [0.1, 0.15) is 17.2 Å². The number of pyridine rings is 2. The Morgan fingerprint density at radius 2 is 2.00 bits per heavy atom. The van der Waals surface area contributed by atoms with Crippen molar-refractivity contribution in [1.82, 2.24) is 24.8 Å². The van der Waals surface area contributed by atoms with Crippen molar-refractivity contribution in [2.45, 2.75) is 20.3 Å². The fourth-order valence-corrected chi connectivity index (χ4v) is 3.71. The summed E-state index contributed by atoms with van der Waals surface area (Å²) in [5, 5.41) is 2.89. The smallest absolute Gasteiger partial charge is 0.226 e. The second-order valence-electron chi connectivity index (χ2n) is 7.47. The number of imidazole rings is 1. The summed E-state index contributed by atoms with van der Waals surface area (Å²) in [6, 6.07) is 4.17. The minimum Gasteiger partial charge on any atom is -0.356 e. The van der Waals surface area contributed by atoms with E-state index in [1.807, 2.05) is 37.8 Å². The molecule has 8 nitrogen and oxygen atoms in total. The molecule has 29 heavy (non-hydrogen) atoms. The Kier molecular flexibility index (Phi) is 5.08. The second kappa shape index (κ2) is 7.69. The molecule has 0 unspecified atom stereocenters. The monoisotopic (exact) mass is 393 g/mol. The van der Waals surface area contributed by atoms with E-state index < -0.39 is 0 Å². The molecule has 1 fully saturated rings. The second-order valence-corrected chi connectivity index (χ2v) is 7.47. The van der Waals surface area contributed by atoms with Gasteiger partial charge in [0, 0.05) is 39.8 Å². The van der Waals surface area contributed by atoms with Crippen LogP contribution in [0.1, 0.15) is 19.4 Å². The van der Waals surface area contributed by atoms with E-state index in [1.165, 1.54) is 5.56 Å². The van der Waals surface area contributed by atoms with Crippen molar-refractivity contribution in [3.05, 3.63) is 36.4 Å². The van der Waals surface area contributed by atoms with Gasteiger partial charge in [-0.15, -0.1) is 0 Å². The minimum atomic E-state index is 0.0546. The molecule has 1 N–H and O–H groups in total. The topological polar surface area (TPSA) is 79.2 Å². The summed E-state index contributed by atoms with van der Waals surface area (Å²) in [5.41, 5.74) is 4.16. The molecule has 0 atom stereocenters. The van der Waals surface area contributed by atoms with E-state index in [4.69, 9.17) is 0 Å². The summed E-state index contributed by atoms with van der Waals surface area (Å²) in [7, 11) is 3.99. The number of fused-ring (bicyclic) bond motifs is 1. The average Bonchev–Trinajstić information content (AvgIpc) is 3.06. The Morgan fingerprint density at radius 1 is 1.21 bits per heavy atom. The van der Waals surface area contributed by atoms with Gasteiger partial charge in [-0.2, -0.15) is 0 Å². The van der Waals surface area contributed by atoms with Gasteiger partial charge in [-0.3, -0.25) is 4.79 Å². The van der Waals surface area contributed by atoms with Crippen molar-refractivity contribution < 1.29 is 4.79 Å². The van der Waals surface area contributed by atoms with Crippen LogP contribution < -0.4 is 15.1 Å². The molecule has 0 aromatic carbocycles. The van der Waals surface area contributed by atoms with E-state index in [0.29, 0.717) is 6.54 Å². The fraction of sp³-hybridized carbons (Fsp3) is 0.429. The van der Waals surface area contributed by atoms with Crippen molar-refractivity contribution >= 4 is 34.3 Å². The number of carbonyl (C=O) groups is 1. The standard InChI is InChI=1S/C21H27N7O/c1-5-14-7-20(28-11-15(12-28)21(29)22-6-2)24-10-18(14)27(4)19-8-17-16(9-23-19)25-13-26(17)3/h7-10,13,15H,5-6,11-12H2,1-4H3,(H,22,29). The van der Waals surface area contributed by atoms with Gasteiger partial charge in [0.25, 0.3) is 0 Å². The Labute approximate surface area is 170 Å². The average molecular weight is 393 g/mol. The molecule has 152 valence electrons. The molecule has 0 spiro atoms. The Balaban J connectivity index is 1.55. The number of hydrogen-bond donors (Lipinski definition) is 1. The van der Waals surface area contributed by atoms with Gasteiger partial charge in [-0.1, -0.05) is 6.92 Å². The Hall–Kier alpha value is -3.16. The first kappa shape index (κ1) is 19.2. The maximum atomic E-state index is 11.9. The molecule has 0 aliphatic carbocycles. The van der Waals surface area contributed by atoms with Crippen LogP contribution in [-0.2, 0) is 18.3 Å². The number of anilines is 3. The van der Waals surface area contributed by atoms with Gasteiger partial charge >= 0.3 is 0 Å². The molecule has 0 radical (unpaired) electrons. The van der Waals surface area contributed by atoms with E-state index in [2.05, 4.69) is 43.1 Å². The molecule has 1 saturated heterocycles. The maximum Gasteiger partial charge on any atom is 0.226 e. The van der Waals surface area contributed by atoms with Gasteiger partial charge < -0.3 is 19.7 Å². The highest BCUT2D eigenvalue weighted by molar-refractivity contribution is 5.82. The van der Waals surface area contributed by atoms with Gasteiger partial charge in [0.05, 0.1) is 35.8 Å². The highest BCUT2D eigenvalue weighted by Gasteiger charge is 2.33. The molecule has 4 rings (SSSR count). The zero-order valence-electron chi connectivity index (χ0n) is 17.4. The van der Waals surface area contributed by atoms with Crippen molar-refractivity contribution in [2.24, 2.45) is 13.0 Å². The minimum absolute atomic E-state index is 0.0546. The number of nitrogens with zero attached hydrogens (tertiary/aromatic N) is 6. The highest BCUT2D eigenvalue weighted by Crippen LogP contribution is 2.31. The molecule has 4 heterocycles. The van der Waals surface area contributed by atoms with E-state index in [9.17, 15) is 4.79 Å². The van der Waals surface area contributed by atoms with Gasteiger partial charge in [0.2, 0.25) is 5.91 Å². The SMILES string of the molecule is CCNC(=O)C1CN(c2cc(CC)c(N(C)c3cc4c(cn3)ncn4C)cn2)C1. The third-order valence-corrected chi connectivity index (χ3v) is 5.56. The van der Waals surface area contributed by atoms with Crippen LogP contribution in [0.25, 0.3) is 11.0 Å². The number of hydrogen-bond acceptors (Lipinski definition) is 6. The molecule has 8 heteroatoms. The van der Waals surface area contributed by atoms with Crippen molar-refractivity contribution in [3.63, 3.8) is 0 Å².